The molecule has 1 rings (SSSR count). The van der Waals surface area contributed by atoms with Crippen LogP contribution < -0.4 is 0 Å². The van der Waals surface area contributed by atoms with Crippen LogP contribution in [0.25, 0.3) is 0 Å². The summed E-state index contributed by atoms with van der Waals surface area (Å²) in [6, 6.07) is 0. The van der Waals surface area contributed by atoms with Crippen LogP contribution in [-0.2, 0) is 4.79 Å². The number of hydrogen-bond donors (Lipinski definition) is 1. The maximum Gasteiger partial charge on any atom is 0.303 e. The van der Waals surface area contributed by atoms with E-state index in [1.807, 2.05) is 0 Å². The van der Waals surface area contributed by atoms with E-state index in [0.29, 0.717) is 12.2 Å². The van der Waals surface area contributed by atoms with Crippen molar-refractivity contribution >= 4 is 17.7 Å². The molecule has 0 amide bonds. The summed E-state index contributed by atoms with van der Waals surface area (Å²) in [5.41, 5.74) is 0. The number of carbonyl (C=O) groups is 1. The molecule has 0 aromatic rings. The highest BCUT2D eigenvalue weighted by Gasteiger charge is 2.42. The first-order valence-corrected chi connectivity index (χ1v) is 4.85. The van der Waals surface area contributed by atoms with Gasteiger partial charge in [-0.15, -0.1) is 0 Å². The Morgan fingerprint density at radius 2 is 2.33 bits per heavy atom. The standard InChI is InChI=1S/C7H10F2O2S/c8-7(9)4-12-2-1-5(7)3-6(10)11/h5H,1-4H2,(H,10,11). The molecule has 1 heterocycles. The van der Waals surface area contributed by atoms with Crippen molar-refractivity contribution in [3.8, 4) is 0 Å². The van der Waals surface area contributed by atoms with Gasteiger partial charge in [-0.3, -0.25) is 4.79 Å². The van der Waals surface area contributed by atoms with Crippen LogP contribution in [0.2, 0.25) is 0 Å². The maximum atomic E-state index is 12.9. The van der Waals surface area contributed by atoms with Crippen LogP contribution in [0.4, 0.5) is 8.78 Å². The molecule has 1 fully saturated rings. The van der Waals surface area contributed by atoms with Crippen LogP contribution in [0.5, 0.6) is 0 Å². The second-order valence-corrected chi connectivity index (χ2v) is 4.00. The van der Waals surface area contributed by atoms with Crippen LogP contribution in [-0.4, -0.2) is 28.5 Å². The highest BCUT2D eigenvalue weighted by Crippen LogP contribution is 2.38. The fourth-order valence-corrected chi connectivity index (χ4v) is 2.33. The lowest BCUT2D eigenvalue weighted by Gasteiger charge is -2.29. The minimum atomic E-state index is -2.79. The molecule has 0 bridgehead atoms. The van der Waals surface area contributed by atoms with Crippen molar-refractivity contribution in [1.29, 1.82) is 0 Å². The summed E-state index contributed by atoms with van der Waals surface area (Å²) in [4.78, 5) is 10.2. The van der Waals surface area contributed by atoms with Gasteiger partial charge in [-0.2, -0.15) is 11.8 Å². The Morgan fingerprint density at radius 1 is 1.67 bits per heavy atom. The summed E-state index contributed by atoms with van der Waals surface area (Å²) in [7, 11) is 0. The molecule has 1 N–H and O–H groups in total. The van der Waals surface area contributed by atoms with E-state index < -0.39 is 24.2 Å². The predicted octanol–water partition coefficient (Wildman–Crippen LogP) is 1.85. The molecule has 5 heteroatoms. The Balaban J connectivity index is 2.54. The second-order valence-electron chi connectivity index (χ2n) is 2.90. The van der Waals surface area contributed by atoms with Crippen LogP contribution in [0.1, 0.15) is 12.8 Å². The molecule has 1 aliphatic rings. The summed E-state index contributed by atoms with van der Waals surface area (Å²) in [5, 5.41) is 8.36. The van der Waals surface area contributed by atoms with Crippen molar-refractivity contribution in [2.24, 2.45) is 5.92 Å². The van der Waals surface area contributed by atoms with Gasteiger partial charge < -0.3 is 5.11 Å². The van der Waals surface area contributed by atoms with E-state index in [1.54, 1.807) is 0 Å². The molecule has 12 heavy (non-hydrogen) atoms. The van der Waals surface area contributed by atoms with E-state index in [0.717, 1.165) is 0 Å². The monoisotopic (exact) mass is 196 g/mol. The van der Waals surface area contributed by atoms with Gasteiger partial charge in [0.05, 0.1) is 12.2 Å². The van der Waals surface area contributed by atoms with E-state index in [4.69, 9.17) is 5.11 Å². The van der Waals surface area contributed by atoms with Gasteiger partial charge in [0.2, 0.25) is 0 Å². The van der Waals surface area contributed by atoms with Crippen molar-refractivity contribution in [3.05, 3.63) is 0 Å². The molecule has 0 aromatic carbocycles. The number of alkyl halides is 2. The minimum Gasteiger partial charge on any atom is -0.481 e. The Bertz CT molecular complexity index is 184. The third-order valence-electron chi connectivity index (χ3n) is 1.92. The average Bonchev–Trinajstić information content (AvgIpc) is 1.92. The molecule has 0 saturated carbocycles. The van der Waals surface area contributed by atoms with Crippen LogP contribution in [0.3, 0.4) is 0 Å². The molecule has 1 saturated heterocycles. The lowest BCUT2D eigenvalue weighted by molar-refractivity contribution is -0.142. The van der Waals surface area contributed by atoms with Gasteiger partial charge in [-0.1, -0.05) is 0 Å². The zero-order valence-electron chi connectivity index (χ0n) is 6.43. The van der Waals surface area contributed by atoms with Crippen molar-refractivity contribution in [3.63, 3.8) is 0 Å². The van der Waals surface area contributed by atoms with E-state index in [1.165, 1.54) is 11.8 Å². The average molecular weight is 196 g/mol. The molecule has 0 aromatic heterocycles. The first-order chi connectivity index (χ1) is 5.52. The van der Waals surface area contributed by atoms with Gasteiger partial charge >= 0.3 is 5.97 Å². The van der Waals surface area contributed by atoms with Crippen LogP contribution in [0, 0.1) is 5.92 Å². The second kappa shape index (κ2) is 3.60. The van der Waals surface area contributed by atoms with Gasteiger partial charge in [-0.25, -0.2) is 8.78 Å². The largest absolute Gasteiger partial charge is 0.481 e. The highest BCUT2D eigenvalue weighted by molar-refractivity contribution is 7.99. The summed E-state index contributed by atoms with van der Waals surface area (Å²) in [6.45, 7) is 0. The van der Waals surface area contributed by atoms with Gasteiger partial charge in [0, 0.05) is 5.92 Å². The number of aliphatic carboxylic acids is 1. The normalized spacial score (nSPS) is 28.3. The highest BCUT2D eigenvalue weighted by atomic mass is 32.2. The first-order valence-electron chi connectivity index (χ1n) is 3.70. The van der Waals surface area contributed by atoms with Crippen LogP contribution in [0.15, 0.2) is 0 Å². The molecule has 1 unspecified atom stereocenters. The Morgan fingerprint density at radius 3 is 2.83 bits per heavy atom. The zero-order valence-corrected chi connectivity index (χ0v) is 7.24. The summed E-state index contributed by atoms with van der Waals surface area (Å²) in [5.74, 6) is -4.47. The third-order valence-corrected chi connectivity index (χ3v) is 3.04. The molecule has 1 atom stereocenters. The van der Waals surface area contributed by atoms with Gasteiger partial charge in [0.25, 0.3) is 5.92 Å². The fraction of sp³-hybridized carbons (Fsp3) is 0.857. The number of carboxylic acid groups (broad SMARTS) is 1. The molecule has 1 aliphatic heterocycles. The van der Waals surface area contributed by atoms with Crippen molar-refractivity contribution in [1.82, 2.24) is 0 Å². The SMILES string of the molecule is O=C(O)CC1CCSCC1(F)F. The van der Waals surface area contributed by atoms with Crippen LogP contribution >= 0.6 is 11.8 Å². The number of hydrogen-bond acceptors (Lipinski definition) is 2. The number of rotatable bonds is 2. The van der Waals surface area contributed by atoms with Gasteiger partial charge in [0.15, 0.2) is 0 Å². The molecule has 0 spiro atoms. The predicted molar refractivity (Wildman–Crippen MR) is 42.6 cm³/mol. The quantitative estimate of drug-likeness (QED) is 0.732. The first kappa shape index (κ1) is 9.77. The summed E-state index contributed by atoms with van der Waals surface area (Å²) < 4.78 is 25.9. The lowest BCUT2D eigenvalue weighted by atomic mass is 9.95. The molecule has 70 valence electrons. The molecule has 0 radical (unpaired) electrons. The van der Waals surface area contributed by atoms with Crippen molar-refractivity contribution in [2.75, 3.05) is 11.5 Å². The maximum absolute atomic E-state index is 12.9. The fourth-order valence-electron chi connectivity index (χ4n) is 1.23. The lowest BCUT2D eigenvalue weighted by Crippen LogP contribution is -2.36. The Kier molecular flexibility index (Phi) is 2.93. The number of halogens is 2. The van der Waals surface area contributed by atoms with E-state index in [9.17, 15) is 13.6 Å². The van der Waals surface area contributed by atoms with E-state index in [2.05, 4.69) is 0 Å². The van der Waals surface area contributed by atoms with Crippen molar-refractivity contribution in [2.45, 2.75) is 18.8 Å². The number of carboxylic acids is 1. The van der Waals surface area contributed by atoms with Gasteiger partial charge in [-0.05, 0) is 12.2 Å². The Hall–Kier alpha value is -0.320. The molecular formula is C7H10F2O2S. The summed E-state index contributed by atoms with van der Waals surface area (Å²) in [6.07, 6.45) is -0.0997. The topological polar surface area (TPSA) is 37.3 Å². The van der Waals surface area contributed by atoms with Crippen molar-refractivity contribution < 1.29 is 18.7 Å². The minimum absolute atomic E-state index is 0.231. The zero-order chi connectivity index (χ0) is 9.19. The molecular weight excluding hydrogens is 186 g/mol. The Labute approximate surface area is 73.3 Å². The molecule has 2 nitrogen and oxygen atoms in total. The number of thioether (sulfide) groups is 1. The third kappa shape index (κ3) is 2.33. The van der Waals surface area contributed by atoms with E-state index in [-0.39, 0.29) is 5.75 Å². The summed E-state index contributed by atoms with van der Waals surface area (Å²) >= 11 is 1.19. The molecule has 0 aliphatic carbocycles. The van der Waals surface area contributed by atoms with Gasteiger partial charge in [0.1, 0.15) is 0 Å². The van der Waals surface area contributed by atoms with E-state index >= 15 is 0 Å². The smallest absolute Gasteiger partial charge is 0.303 e.